The van der Waals surface area contributed by atoms with Crippen molar-refractivity contribution in [1.82, 2.24) is 5.43 Å². The third kappa shape index (κ3) is 3.11. The normalized spacial score (nSPS) is 18.9. The molecule has 0 bridgehead atoms. The van der Waals surface area contributed by atoms with E-state index in [0.717, 1.165) is 11.1 Å². The van der Waals surface area contributed by atoms with Crippen LogP contribution < -0.4 is 10.2 Å². The van der Waals surface area contributed by atoms with Crippen molar-refractivity contribution in [1.29, 1.82) is 5.26 Å². The number of benzene rings is 2. The number of rotatable bonds is 4. The van der Waals surface area contributed by atoms with Crippen LogP contribution in [0.1, 0.15) is 5.56 Å². The number of hydrogen-bond acceptors (Lipinski definition) is 6. The summed E-state index contributed by atoms with van der Waals surface area (Å²) in [6.45, 7) is 0. The third-order valence-electron chi connectivity index (χ3n) is 3.36. The molecular formula is C16H12N4O3. The van der Waals surface area contributed by atoms with Crippen LogP contribution in [0.3, 0.4) is 0 Å². The van der Waals surface area contributed by atoms with Gasteiger partial charge in [0.05, 0.1) is 11.6 Å². The van der Waals surface area contributed by atoms with Gasteiger partial charge in [-0.15, -0.1) is 5.11 Å². The maximum atomic E-state index is 11.0. The second-order valence-corrected chi connectivity index (χ2v) is 4.89. The van der Waals surface area contributed by atoms with E-state index in [-0.39, 0.29) is 0 Å². The second-order valence-electron chi connectivity index (χ2n) is 4.89. The monoisotopic (exact) mass is 308 g/mol. The fourth-order valence-electron chi connectivity index (χ4n) is 2.19. The van der Waals surface area contributed by atoms with Crippen molar-refractivity contribution in [3.63, 3.8) is 0 Å². The van der Waals surface area contributed by atoms with Crippen LogP contribution in [0.4, 0.5) is 0 Å². The predicted octanol–water partition coefficient (Wildman–Crippen LogP) is 2.35. The van der Waals surface area contributed by atoms with Gasteiger partial charge in [0.15, 0.2) is 0 Å². The summed E-state index contributed by atoms with van der Waals surface area (Å²) < 4.78 is 5.53. The van der Waals surface area contributed by atoms with Crippen LogP contribution >= 0.6 is 0 Å². The van der Waals surface area contributed by atoms with Crippen molar-refractivity contribution in [3.8, 4) is 22.9 Å². The van der Waals surface area contributed by atoms with E-state index < -0.39 is 18.2 Å². The molecule has 2 N–H and O–H groups in total. The zero-order chi connectivity index (χ0) is 16.2. The Labute approximate surface area is 131 Å². The lowest BCUT2D eigenvalue weighted by atomic mass is 10.0. The van der Waals surface area contributed by atoms with Crippen LogP contribution in [0.5, 0.6) is 5.75 Å². The summed E-state index contributed by atoms with van der Waals surface area (Å²) in [5.41, 5.74) is 4.81. The maximum absolute atomic E-state index is 11.0. The van der Waals surface area contributed by atoms with E-state index in [4.69, 9.17) is 15.1 Å². The van der Waals surface area contributed by atoms with Crippen molar-refractivity contribution in [2.24, 2.45) is 10.3 Å². The summed E-state index contributed by atoms with van der Waals surface area (Å²) in [6, 6.07) is 15.5. The summed E-state index contributed by atoms with van der Waals surface area (Å²) in [5, 5.41) is 25.2. The van der Waals surface area contributed by atoms with Crippen LogP contribution in [0.2, 0.25) is 0 Å². The molecule has 1 heterocycles. The standard InChI is InChI=1S/C16H12N4O3/c17-9-10-2-1-3-12(8-10)11-4-6-13(7-5-11)23-15-14(16(21)22)18-20-19-15/h1-8,14-15H,(H,18,19)(H,21,22). The molecule has 0 spiro atoms. The average Bonchev–Trinajstić information content (AvgIpc) is 3.04. The zero-order valence-corrected chi connectivity index (χ0v) is 11.9. The highest BCUT2D eigenvalue weighted by molar-refractivity contribution is 5.74. The molecule has 2 aromatic rings. The molecule has 7 heteroatoms. The van der Waals surface area contributed by atoms with Gasteiger partial charge in [0.25, 0.3) is 0 Å². The summed E-state index contributed by atoms with van der Waals surface area (Å²) in [7, 11) is 0. The molecular weight excluding hydrogens is 296 g/mol. The molecule has 0 radical (unpaired) electrons. The zero-order valence-electron chi connectivity index (χ0n) is 11.9. The Morgan fingerprint density at radius 1 is 1.22 bits per heavy atom. The number of nitriles is 1. The minimum Gasteiger partial charge on any atom is -0.480 e. The van der Waals surface area contributed by atoms with Gasteiger partial charge in [0.1, 0.15) is 5.75 Å². The van der Waals surface area contributed by atoms with E-state index in [9.17, 15) is 4.79 Å². The maximum Gasteiger partial charge on any atom is 0.333 e. The van der Waals surface area contributed by atoms with Crippen molar-refractivity contribution in [2.45, 2.75) is 12.3 Å². The van der Waals surface area contributed by atoms with E-state index in [2.05, 4.69) is 21.8 Å². The Balaban J connectivity index is 1.76. The minimum atomic E-state index is -1.08. The molecule has 0 aromatic heterocycles. The molecule has 1 aliphatic rings. The van der Waals surface area contributed by atoms with Crippen molar-refractivity contribution < 1.29 is 14.6 Å². The molecule has 7 nitrogen and oxygen atoms in total. The third-order valence-corrected chi connectivity index (χ3v) is 3.36. The molecule has 0 fully saturated rings. The van der Waals surface area contributed by atoms with Gasteiger partial charge in [-0.2, -0.15) is 5.26 Å². The fraction of sp³-hybridized carbons (Fsp3) is 0.125. The SMILES string of the molecule is N#Cc1cccc(-c2ccc(OC3N=NNC3C(=O)O)cc2)c1. The van der Waals surface area contributed by atoms with Crippen molar-refractivity contribution >= 4 is 5.97 Å². The van der Waals surface area contributed by atoms with Crippen molar-refractivity contribution in [2.75, 3.05) is 0 Å². The van der Waals surface area contributed by atoms with Crippen LogP contribution in [0, 0.1) is 11.3 Å². The molecule has 1 aliphatic heterocycles. The van der Waals surface area contributed by atoms with Gasteiger partial charge in [-0.25, -0.2) is 4.79 Å². The lowest BCUT2D eigenvalue weighted by Gasteiger charge is -2.14. The van der Waals surface area contributed by atoms with E-state index in [1.165, 1.54) is 0 Å². The van der Waals surface area contributed by atoms with Gasteiger partial charge in [-0.1, -0.05) is 29.5 Å². The first-order valence-electron chi connectivity index (χ1n) is 6.83. The lowest BCUT2D eigenvalue weighted by molar-refractivity contribution is -0.141. The first-order valence-corrected chi connectivity index (χ1v) is 6.83. The van der Waals surface area contributed by atoms with Gasteiger partial charge in [0, 0.05) is 0 Å². The largest absolute Gasteiger partial charge is 0.480 e. The quantitative estimate of drug-likeness (QED) is 0.901. The second kappa shape index (κ2) is 6.15. The van der Waals surface area contributed by atoms with Gasteiger partial charge >= 0.3 is 5.97 Å². The van der Waals surface area contributed by atoms with Crippen LogP contribution in [-0.4, -0.2) is 23.3 Å². The Hall–Kier alpha value is -3.40. The molecule has 2 atom stereocenters. The first kappa shape index (κ1) is 14.5. The van der Waals surface area contributed by atoms with E-state index in [1.54, 1.807) is 24.3 Å². The first-order chi connectivity index (χ1) is 11.2. The molecule has 0 saturated heterocycles. The molecule has 3 rings (SSSR count). The number of carboxylic acid groups (broad SMARTS) is 1. The van der Waals surface area contributed by atoms with Gasteiger partial charge < -0.3 is 9.84 Å². The number of nitrogens with zero attached hydrogens (tertiary/aromatic N) is 3. The van der Waals surface area contributed by atoms with E-state index >= 15 is 0 Å². The highest BCUT2D eigenvalue weighted by atomic mass is 16.5. The Morgan fingerprint density at radius 2 is 2.00 bits per heavy atom. The highest BCUT2D eigenvalue weighted by Crippen LogP contribution is 2.24. The molecule has 0 aliphatic carbocycles. The van der Waals surface area contributed by atoms with Gasteiger partial charge in [-0.3, -0.25) is 5.43 Å². The summed E-state index contributed by atoms with van der Waals surface area (Å²) >= 11 is 0. The fourth-order valence-corrected chi connectivity index (χ4v) is 2.19. The molecule has 2 unspecified atom stereocenters. The summed E-state index contributed by atoms with van der Waals surface area (Å²) in [5.74, 6) is -0.589. The number of hydrogen-bond donors (Lipinski definition) is 2. The number of carbonyl (C=O) groups is 1. The number of aliphatic carboxylic acids is 1. The minimum absolute atomic E-state index is 0.490. The van der Waals surface area contributed by atoms with Crippen LogP contribution in [-0.2, 0) is 4.79 Å². The van der Waals surface area contributed by atoms with Crippen LogP contribution in [0.15, 0.2) is 58.9 Å². The lowest BCUT2D eigenvalue weighted by Crippen LogP contribution is -2.41. The molecule has 2 aromatic carbocycles. The number of nitrogens with one attached hydrogen (secondary N) is 1. The Kier molecular flexibility index (Phi) is 3.89. The Bertz CT molecular complexity index is 796. The predicted molar refractivity (Wildman–Crippen MR) is 80.4 cm³/mol. The van der Waals surface area contributed by atoms with E-state index in [1.807, 2.05) is 24.3 Å². The van der Waals surface area contributed by atoms with Gasteiger partial charge in [0.2, 0.25) is 12.3 Å². The molecule has 0 saturated carbocycles. The molecule has 0 amide bonds. The average molecular weight is 308 g/mol. The summed E-state index contributed by atoms with van der Waals surface area (Å²) in [6.07, 6.45) is -0.903. The van der Waals surface area contributed by atoms with Crippen LogP contribution in [0.25, 0.3) is 11.1 Å². The molecule has 114 valence electrons. The van der Waals surface area contributed by atoms with Crippen molar-refractivity contribution in [3.05, 3.63) is 54.1 Å². The number of ether oxygens (including phenoxy) is 1. The Morgan fingerprint density at radius 3 is 2.70 bits per heavy atom. The summed E-state index contributed by atoms with van der Waals surface area (Å²) in [4.78, 5) is 11.0. The topological polar surface area (TPSA) is 107 Å². The number of carboxylic acids is 1. The smallest absolute Gasteiger partial charge is 0.333 e. The molecule has 23 heavy (non-hydrogen) atoms. The van der Waals surface area contributed by atoms with E-state index in [0.29, 0.717) is 11.3 Å². The highest BCUT2D eigenvalue weighted by Gasteiger charge is 2.33. The van der Waals surface area contributed by atoms with Gasteiger partial charge in [-0.05, 0) is 35.4 Å².